The maximum atomic E-state index is 13.0. The first-order valence-corrected chi connectivity index (χ1v) is 5.23. The van der Waals surface area contributed by atoms with Gasteiger partial charge in [0.25, 0.3) is 0 Å². The summed E-state index contributed by atoms with van der Waals surface area (Å²) in [4.78, 5) is 4.11. The molecule has 0 aliphatic carbocycles. The maximum Gasteiger partial charge on any atom is 0.181 e. The maximum absolute atomic E-state index is 13.0. The molecule has 0 saturated carbocycles. The van der Waals surface area contributed by atoms with Gasteiger partial charge in [-0.25, -0.2) is 9.37 Å². The molecule has 2 rings (SSSR count). The second kappa shape index (κ2) is 4.41. The summed E-state index contributed by atoms with van der Waals surface area (Å²) in [5.41, 5.74) is 0.689. The molecule has 0 atom stereocenters. The molecule has 0 aliphatic heterocycles. The van der Waals surface area contributed by atoms with E-state index in [1.54, 1.807) is 12.1 Å². The van der Waals surface area contributed by atoms with Crippen LogP contribution in [0.3, 0.4) is 0 Å². The van der Waals surface area contributed by atoms with E-state index in [4.69, 9.17) is 5.26 Å². The molecule has 0 spiro atoms. The van der Waals surface area contributed by atoms with Gasteiger partial charge in [-0.2, -0.15) is 10.4 Å². The molecule has 0 aliphatic rings. The quantitative estimate of drug-likeness (QED) is 0.919. The van der Waals surface area contributed by atoms with Gasteiger partial charge in [0.2, 0.25) is 0 Å². The van der Waals surface area contributed by atoms with Gasteiger partial charge in [-0.3, -0.25) is 5.10 Å². The highest BCUT2D eigenvalue weighted by Gasteiger charge is 2.07. The van der Waals surface area contributed by atoms with Crippen LogP contribution in [-0.4, -0.2) is 15.2 Å². The van der Waals surface area contributed by atoms with Gasteiger partial charge < -0.3 is 0 Å². The topological polar surface area (TPSA) is 65.4 Å². The van der Waals surface area contributed by atoms with Crippen LogP contribution in [0.4, 0.5) is 4.39 Å². The Morgan fingerprint density at radius 1 is 1.50 bits per heavy atom. The Balaban J connectivity index is 2.36. The van der Waals surface area contributed by atoms with Crippen molar-refractivity contribution in [2.75, 3.05) is 0 Å². The number of nitrogens with zero attached hydrogens (tertiary/aromatic N) is 3. The summed E-state index contributed by atoms with van der Waals surface area (Å²) in [5, 5.41) is 15.1. The van der Waals surface area contributed by atoms with E-state index < -0.39 is 0 Å². The largest absolute Gasteiger partial charge is 0.262 e. The number of hydrogen-bond donors (Lipinski definition) is 1. The Morgan fingerprint density at radius 3 is 3.00 bits per heavy atom. The zero-order chi connectivity index (χ0) is 11.5. The molecule has 1 N–H and O–H groups in total. The van der Waals surface area contributed by atoms with Crippen molar-refractivity contribution in [2.24, 2.45) is 0 Å². The lowest BCUT2D eigenvalue weighted by molar-refractivity contribution is 0.621. The summed E-state index contributed by atoms with van der Waals surface area (Å²) in [6, 6.07) is 6.47. The van der Waals surface area contributed by atoms with Gasteiger partial charge in [0, 0.05) is 5.56 Å². The van der Waals surface area contributed by atoms with Crippen LogP contribution in [0.2, 0.25) is 0 Å². The van der Waals surface area contributed by atoms with Crippen LogP contribution < -0.4 is 0 Å². The van der Waals surface area contributed by atoms with E-state index in [1.165, 1.54) is 6.07 Å². The molecule has 4 nitrogen and oxygen atoms in total. The zero-order valence-corrected chi connectivity index (χ0v) is 9.62. The molecule has 2 aromatic rings. The molecule has 0 unspecified atom stereocenters. The molecule has 0 bridgehead atoms. The van der Waals surface area contributed by atoms with Gasteiger partial charge in [-0.1, -0.05) is 0 Å². The van der Waals surface area contributed by atoms with Crippen molar-refractivity contribution in [3.8, 4) is 17.5 Å². The highest BCUT2D eigenvalue weighted by Crippen LogP contribution is 2.22. The Labute approximate surface area is 99.3 Å². The Kier molecular flexibility index (Phi) is 2.97. The van der Waals surface area contributed by atoms with Crippen LogP contribution in [0.25, 0.3) is 11.4 Å². The number of aromatic nitrogens is 3. The predicted molar refractivity (Wildman–Crippen MR) is 58.8 cm³/mol. The predicted octanol–water partition coefficient (Wildman–Crippen LogP) is 2.44. The molecular formula is C10H6BrFN4. The average molecular weight is 281 g/mol. The van der Waals surface area contributed by atoms with E-state index in [0.29, 0.717) is 21.7 Å². The van der Waals surface area contributed by atoms with Gasteiger partial charge in [-0.05, 0) is 34.1 Å². The van der Waals surface area contributed by atoms with Crippen LogP contribution >= 0.6 is 15.9 Å². The molecule has 80 valence electrons. The molecule has 0 saturated heterocycles. The molecule has 1 aromatic carbocycles. The van der Waals surface area contributed by atoms with Crippen LogP contribution in [0.5, 0.6) is 0 Å². The SMILES string of the molecule is N#CCc1nc(-c2ccc(F)c(Br)c2)n[nH]1. The lowest BCUT2D eigenvalue weighted by Crippen LogP contribution is -1.85. The lowest BCUT2D eigenvalue weighted by Gasteiger charge is -1.97. The van der Waals surface area contributed by atoms with Crippen LogP contribution in [0.1, 0.15) is 5.82 Å². The number of H-pyrrole nitrogens is 1. The number of aromatic amines is 1. The van der Waals surface area contributed by atoms with E-state index in [0.717, 1.165) is 0 Å². The van der Waals surface area contributed by atoms with Gasteiger partial charge in [0.1, 0.15) is 11.6 Å². The van der Waals surface area contributed by atoms with Crippen molar-refractivity contribution in [3.05, 3.63) is 34.3 Å². The summed E-state index contributed by atoms with van der Waals surface area (Å²) < 4.78 is 13.4. The molecular weight excluding hydrogens is 275 g/mol. The Morgan fingerprint density at radius 2 is 2.31 bits per heavy atom. The van der Waals surface area contributed by atoms with E-state index in [-0.39, 0.29) is 12.2 Å². The van der Waals surface area contributed by atoms with Crippen LogP contribution in [0.15, 0.2) is 22.7 Å². The molecule has 1 aromatic heterocycles. The number of nitrogens with one attached hydrogen (secondary N) is 1. The minimum absolute atomic E-state index is 0.176. The van der Waals surface area contributed by atoms with Crippen molar-refractivity contribution in [3.63, 3.8) is 0 Å². The normalized spacial score (nSPS) is 10.1. The molecule has 0 amide bonds. The van der Waals surface area contributed by atoms with E-state index in [9.17, 15) is 4.39 Å². The first-order chi connectivity index (χ1) is 7.70. The van der Waals surface area contributed by atoms with Crippen molar-refractivity contribution in [1.29, 1.82) is 5.26 Å². The third-order valence-corrected chi connectivity index (χ3v) is 2.56. The van der Waals surface area contributed by atoms with Crippen molar-refractivity contribution >= 4 is 15.9 Å². The van der Waals surface area contributed by atoms with Crippen molar-refractivity contribution < 1.29 is 4.39 Å². The number of rotatable bonds is 2. The molecule has 0 radical (unpaired) electrons. The minimum Gasteiger partial charge on any atom is -0.262 e. The standard InChI is InChI=1S/C10H6BrFN4/c11-7-5-6(1-2-8(7)12)10-14-9(3-4-13)15-16-10/h1-2,5H,3H2,(H,14,15,16). The molecule has 0 fully saturated rings. The van der Waals surface area contributed by atoms with Crippen LogP contribution in [0, 0.1) is 17.1 Å². The Bertz CT molecular complexity index is 558. The minimum atomic E-state index is -0.337. The fourth-order valence-electron chi connectivity index (χ4n) is 1.21. The Hall–Kier alpha value is -1.74. The highest BCUT2D eigenvalue weighted by molar-refractivity contribution is 9.10. The average Bonchev–Trinajstić information content (AvgIpc) is 2.71. The molecule has 6 heteroatoms. The van der Waals surface area contributed by atoms with E-state index in [2.05, 4.69) is 31.1 Å². The highest BCUT2D eigenvalue weighted by atomic mass is 79.9. The summed E-state index contributed by atoms with van der Waals surface area (Å²) >= 11 is 3.09. The smallest absolute Gasteiger partial charge is 0.181 e. The van der Waals surface area contributed by atoms with Crippen LogP contribution in [-0.2, 0) is 6.42 Å². The monoisotopic (exact) mass is 280 g/mol. The third kappa shape index (κ3) is 2.09. The fourth-order valence-corrected chi connectivity index (χ4v) is 1.59. The summed E-state index contributed by atoms with van der Waals surface area (Å²) in [7, 11) is 0. The molecule has 1 heterocycles. The van der Waals surface area contributed by atoms with Gasteiger partial charge in [-0.15, -0.1) is 0 Å². The van der Waals surface area contributed by atoms with E-state index >= 15 is 0 Å². The van der Waals surface area contributed by atoms with Crippen molar-refractivity contribution in [1.82, 2.24) is 15.2 Å². The fraction of sp³-hybridized carbons (Fsp3) is 0.100. The van der Waals surface area contributed by atoms with Crippen molar-refractivity contribution in [2.45, 2.75) is 6.42 Å². The zero-order valence-electron chi connectivity index (χ0n) is 8.04. The third-order valence-electron chi connectivity index (χ3n) is 1.96. The van der Waals surface area contributed by atoms with Gasteiger partial charge in [0.05, 0.1) is 17.0 Å². The van der Waals surface area contributed by atoms with E-state index in [1.807, 2.05) is 6.07 Å². The summed E-state index contributed by atoms with van der Waals surface area (Å²) in [6.07, 6.45) is 0.176. The first-order valence-electron chi connectivity index (χ1n) is 4.44. The first kappa shape index (κ1) is 10.8. The summed E-state index contributed by atoms with van der Waals surface area (Å²) in [6.45, 7) is 0. The number of benzene rings is 1. The summed E-state index contributed by atoms with van der Waals surface area (Å²) in [5.74, 6) is 0.612. The lowest BCUT2D eigenvalue weighted by atomic mass is 10.2. The van der Waals surface area contributed by atoms with Gasteiger partial charge in [0.15, 0.2) is 5.82 Å². The number of nitriles is 1. The second-order valence-electron chi connectivity index (χ2n) is 3.07. The number of halogens is 2. The molecule has 16 heavy (non-hydrogen) atoms. The second-order valence-corrected chi connectivity index (χ2v) is 3.92. The number of hydrogen-bond acceptors (Lipinski definition) is 3. The van der Waals surface area contributed by atoms with Gasteiger partial charge >= 0.3 is 0 Å².